The molecule has 0 radical (unpaired) electrons. The van der Waals surface area contributed by atoms with Crippen LogP contribution in [-0.2, 0) is 0 Å². The fraction of sp³-hybridized carbons (Fsp3) is 0.933. The predicted molar refractivity (Wildman–Crippen MR) is 135 cm³/mol. The topological polar surface area (TPSA) is 80.9 Å². The number of aliphatic hydroxyl groups is 4. The zero-order valence-electron chi connectivity index (χ0n) is 22.7. The Hall–Kier alpha value is -0.420. The second-order valence-electron chi connectivity index (χ2n) is 15.3. The van der Waals surface area contributed by atoms with Gasteiger partial charge in [0.2, 0.25) is 0 Å². The van der Waals surface area contributed by atoms with E-state index >= 15 is 0 Å². The first kappa shape index (κ1) is 25.2. The van der Waals surface area contributed by atoms with Crippen LogP contribution in [0.25, 0.3) is 0 Å². The van der Waals surface area contributed by atoms with Gasteiger partial charge < -0.3 is 20.4 Å². The Morgan fingerprint density at radius 2 is 1.50 bits per heavy atom. The zero-order chi connectivity index (χ0) is 25.1. The van der Waals surface area contributed by atoms with E-state index in [9.17, 15) is 20.4 Å². The molecule has 5 aliphatic carbocycles. The van der Waals surface area contributed by atoms with Crippen LogP contribution in [-0.4, -0.2) is 45.3 Å². The molecule has 0 aromatic carbocycles. The van der Waals surface area contributed by atoms with Crippen molar-refractivity contribution in [3.05, 3.63) is 11.6 Å². The molecule has 5 aliphatic rings. The summed E-state index contributed by atoms with van der Waals surface area (Å²) >= 11 is 0. The summed E-state index contributed by atoms with van der Waals surface area (Å²) in [6.07, 6.45) is 8.19. The van der Waals surface area contributed by atoms with Gasteiger partial charge in [0, 0.05) is 29.8 Å². The molecule has 0 aliphatic heterocycles. The van der Waals surface area contributed by atoms with Gasteiger partial charge in [-0.2, -0.15) is 0 Å². The number of fused-ring (bicyclic) bond motifs is 7. The minimum absolute atomic E-state index is 0.0486. The lowest BCUT2D eigenvalue weighted by Crippen LogP contribution is -2.70. The Bertz CT molecular complexity index is 877. The lowest BCUT2D eigenvalue weighted by Gasteiger charge is -2.72. The normalized spacial score (nSPS) is 55.8. The van der Waals surface area contributed by atoms with E-state index in [2.05, 4.69) is 54.5 Å². The van der Waals surface area contributed by atoms with Gasteiger partial charge in [-0.3, -0.25) is 0 Å². The second kappa shape index (κ2) is 7.33. The van der Waals surface area contributed by atoms with Crippen molar-refractivity contribution in [3.63, 3.8) is 0 Å². The van der Waals surface area contributed by atoms with Crippen molar-refractivity contribution >= 4 is 0 Å². The van der Waals surface area contributed by atoms with Crippen LogP contribution in [0.4, 0.5) is 0 Å². The van der Waals surface area contributed by atoms with Gasteiger partial charge >= 0.3 is 0 Å². The van der Waals surface area contributed by atoms with Crippen LogP contribution in [0.2, 0.25) is 0 Å². The van der Waals surface area contributed by atoms with Gasteiger partial charge in [-0.15, -0.1) is 0 Å². The molecule has 0 bridgehead atoms. The molecule has 5 rings (SSSR count). The molecule has 0 unspecified atom stereocenters. The summed E-state index contributed by atoms with van der Waals surface area (Å²) in [5, 5.41) is 45.0. The van der Waals surface area contributed by atoms with Crippen molar-refractivity contribution in [2.24, 2.45) is 50.2 Å². The Labute approximate surface area is 207 Å². The first-order chi connectivity index (χ1) is 15.6. The summed E-state index contributed by atoms with van der Waals surface area (Å²) in [4.78, 5) is 0. The van der Waals surface area contributed by atoms with E-state index in [4.69, 9.17) is 0 Å². The average molecular weight is 475 g/mol. The van der Waals surface area contributed by atoms with Crippen molar-refractivity contribution in [1.82, 2.24) is 0 Å². The second-order valence-corrected chi connectivity index (χ2v) is 15.3. The highest BCUT2D eigenvalue weighted by Gasteiger charge is 2.71. The third kappa shape index (κ3) is 2.92. The minimum Gasteiger partial charge on any atom is -0.396 e. The third-order valence-electron chi connectivity index (χ3n) is 13.2. The Kier molecular flexibility index (Phi) is 5.44. The highest BCUT2D eigenvalue weighted by atomic mass is 16.3. The number of rotatable bonds is 1. The number of aliphatic hydroxyl groups excluding tert-OH is 4. The lowest BCUT2D eigenvalue weighted by molar-refractivity contribution is -0.261. The first-order valence-corrected chi connectivity index (χ1v) is 14.0. The van der Waals surface area contributed by atoms with Gasteiger partial charge in [0.1, 0.15) is 0 Å². The van der Waals surface area contributed by atoms with Crippen LogP contribution in [0, 0.1) is 50.2 Å². The standard InChI is InChI=1S/C30H50O4/c1-25(2)10-12-30(17-31)13-11-27(5)18(19(30)16-25)14-20(32)24-28(27,6)9-8-21-26(3,4)22(33)15-23(34)29(21,24)7/h14,19-24,31-34H,8-13,15-17H2,1-7H3/t19-,20+,21-,22-,23+,24-,27+,28+,29+,30+/m0/s1. The van der Waals surface area contributed by atoms with Crippen LogP contribution < -0.4 is 0 Å². The molecule has 194 valence electrons. The molecular formula is C30H50O4. The first-order valence-electron chi connectivity index (χ1n) is 14.0. The average Bonchev–Trinajstić information content (AvgIpc) is 2.74. The van der Waals surface area contributed by atoms with E-state index in [1.807, 2.05) is 0 Å². The molecule has 0 saturated heterocycles. The Morgan fingerprint density at radius 1 is 0.853 bits per heavy atom. The van der Waals surface area contributed by atoms with Crippen molar-refractivity contribution < 1.29 is 20.4 Å². The lowest BCUT2D eigenvalue weighted by atomic mass is 9.33. The smallest absolute Gasteiger partial charge is 0.0763 e. The fourth-order valence-corrected chi connectivity index (χ4v) is 10.7. The number of allylic oxidation sites excluding steroid dienone is 1. The largest absolute Gasteiger partial charge is 0.396 e. The molecule has 34 heavy (non-hydrogen) atoms. The quantitative estimate of drug-likeness (QED) is 0.399. The van der Waals surface area contributed by atoms with Crippen LogP contribution in [0.15, 0.2) is 11.6 Å². The van der Waals surface area contributed by atoms with Gasteiger partial charge in [-0.25, -0.2) is 0 Å². The van der Waals surface area contributed by atoms with Crippen molar-refractivity contribution in [1.29, 1.82) is 0 Å². The molecular weight excluding hydrogens is 424 g/mol. The summed E-state index contributed by atoms with van der Waals surface area (Å²) < 4.78 is 0. The van der Waals surface area contributed by atoms with E-state index in [-0.39, 0.29) is 45.5 Å². The molecule has 4 N–H and O–H groups in total. The molecule has 0 amide bonds. The monoisotopic (exact) mass is 474 g/mol. The summed E-state index contributed by atoms with van der Waals surface area (Å²) in [6.45, 7) is 16.3. The number of hydrogen-bond acceptors (Lipinski definition) is 4. The van der Waals surface area contributed by atoms with Gasteiger partial charge in [-0.1, -0.05) is 60.1 Å². The maximum atomic E-state index is 11.9. The molecule has 0 aromatic rings. The van der Waals surface area contributed by atoms with E-state index in [0.29, 0.717) is 12.3 Å². The SMILES string of the molecule is CC1(C)CC[C@]2(CO)CC[C@]3(C)C(=C[C@@H](O)[C@@H]4[C@@]5(C)[C@H](O)C[C@H](O)C(C)(C)[C@@H]5CC[C@]43C)[C@@H]2C1. The van der Waals surface area contributed by atoms with Crippen LogP contribution >= 0.6 is 0 Å². The maximum Gasteiger partial charge on any atom is 0.0763 e. The molecule has 0 aromatic heterocycles. The molecule has 4 heteroatoms. The predicted octanol–water partition coefficient (Wildman–Crippen LogP) is 5.08. The zero-order valence-corrected chi connectivity index (χ0v) is 22.7. The van der Waals surface area contributed by atoms with Crippen molar-refractivity contribution in [2.45, 2.75) is 118 Å². The summed E-state index contributed by atoms with van der Waals surface area (Å²) in [7, 11) is 0. The summed E-state index contributed by atoms with van der Waals surface area (Å²) in [6, 6.07) is 0. The van der Waals surface area contributed by atoms with Gasteiger partial charge in [0.05, 0.1) is 18.3 Å². The Morgan fingerprint density at radius 3 is 2.15 bits per heavy atom. The van der Waals surface area contributed by atoms with E-state index in [1.54, 1.807) is 0 Å². The van der Waals surface area contributed by atoms with Crippen LogP contribution in [0.1, 0.15) is 99.8 Å². The fourth-order valence-electron chi connectivity index (χ4n) is 10.7. The molecule has 0 spiro atoms. The molecule has 4 saturated carbocycles. The van der Waals surface area contributed by atoms with Crippen LogP contribution in [0.5, 0.6) is 0 Å². The third-order valence-corrected chi connectivity index (χ3v) is 13.2. The molecule has 0 heterocycles. The van der Waals surface area contributed by atoms with E-state index in [0.717, 1.165) is 44.9 Å². The minimum atomic E-state index is -0.618. The van der Waals surface area contributed by atoms with Crippen molar-refractivity contribution in [3.8, 4) is 0 Å². The van der Waals surface area contributed by atoms with E-state index < -0.39 is 23.7 Å². The highest BCUT2D eigenvalue weighted by molar-refractivity contribution is 5.36. The van der Waals surface area contributed by atoms with Gasteiger partial charge in [0.25, 0.3) is 0 Å². The summed E-state index contributed by atoms with van der Waals surface area (Å²) in [5.74, 6) is 0.429. The van der Waals surface area contributed by atoms with Crippen LogP contribution in [0.3, 0.4) is 0 Å². The highest BCUT2D eigenvalue weighted by Crippen LogP contribution is 2.75. The molecule has 4 nitrogen and oxygen atoms in total. The maximum absolute atomic E-state index is 11.9. The molecule has 10 atom stereocenters. The number of hydrogen-bond donors (Lipinski definition) is 4. The molecule has 4 fully saturated rings. The van der Waals surface area contributed by atoms with Crippen molar-refractivity contribution in [2.75, 3.05) is 6.61 Å². The van der Waals surface area contributed by atoms with Gasteiger partial charge in [0.15, 0.2) is 0 Å². The van der Waals surface area contributed by atoms with E-state index in [1.165, 1.54) is 5.57 Å². The van der Waals surface area contributed by atoms with Gasteiger partial charge in [-0.05, 0) is 78.4 Å². The Balaban J connectivity index is 1.65. The summed E-state index contributed by atoms with van der Waals surface area (Å²) in [5.41, 5.74) is 0.670.